The van der Waals surface area contributed by atoms with Crippen LogP contribution in [0.5, 0.6) is 0 Å². The largest absolute Gasteiger partial charge is 0.478 e. The molecule has 0 aromatic heterocycles. The Bertz CT molecular complexity index is 449. The molecule has 0 spiro atoms. The number of carboxylic acids is 1. The average Bonchev–Trinajstić information content (AvgIpc) is 2.22. The van der Waals surface area contributed by atoms with Gasteiger partial charge in [0.2, 0.25) is 0 Å². The highest BCUT2D eigenvalue weighted by atomic mass is 19.4. The van der Waals surface area contributed by atoms with Crippen LogP contribution >= 0.6 is 0 Å². The van der Waals surface area contributed by atoms with Crippen molar-refractivity contribution in [2.75, 3.05) is 0 Å². The van der Waals surface area contributed by atoms with Gasteiger partial charge in [-0.3, -0.25) is 4.74 Å². The average molecular weight is 356 g/mol. The van der Waals surface area contributed by atoms with Crippen molar-refractivity contribution in [1.29, 1.82) is 0 Å². The normalized spacial score (nSPS) is 17.6. The number of halogens is 11. The number of aliphatic carboxylic acids is 1. The van der Waals surface area contributed by atoms with Crippen molar-refractivity contribution >= 4 is 5.97 Å². The van der Waals surface area contributed by atoms with Crippen LogP contribution in [-0.2, 0) is 9.53 Å². The van der Waals surface area contributed by atoms with E-state index in [9.17, 15) is 53.1 Å². The van der Waals surface area contributed by atoms with Gasteiger partial charge < -0.3 is 5.11 Å². The lowest BCUT2D eigenvalue weighted by atomic mass is 10.2. The van der Waals surface area contributed by atoms with Gasteiger partial charge in [-0.25, -0.2) is 4.79 Å². The molecule has 3 nitrogen and oxygen atoms in total. The second-order valence-corrected chi connectivity index (χ2v) is 3.51. The van der Waals surface area contributed by atoms with Crippen LogP contribution in [0.4, 0.5) is 48.3 Å². The third-order valence-corrected chi connectivity index (χ3v) is 1.83. The van der Waals surface area contributed by atoms with E-state index in [1.807, 2.05) is 4.74 Å². The zero-order chi connectivity index (χ0) is 18.2. The molecule has 0 heterocycles. The molecular weight excluding hydrogens is 353 g/mol. The summed E-state index contributed by atoms with van der Waals surface area (Å²) in [5.41, 5.74) is 0. The molecule has 1 N–H and O–H groups in total. The fraction of sp³-hybridized carbons (Fsp3) is 0.625. The van der Waals surface area contributed by atoms with Crippen LogP contribution in [-0.4, -0.2) is 41.3 Å². The van der Waals surface area contributed by atoms with Gasteiger partial charge in [0.1, 0.15) is 0 Å². The number of hydrogen-bond acceptors (Lipinski definition) is 2. The molecule has 0 fully saturated rings. The summed E-state index contributed by atoms with van der Waals surface area (Å²) in [4.78, 5) is 9.90. The number of alkyl halides is 11. The molecule has 0 aliphatic heterocycles. The summed E-state index contributed by atoms with van der Waals surface area (Å²) in [5.74, 6) is -15.4. The third kappa shape index (κ3) is 3.98. The zero-order valence-electron chi connectivity index (χ0n) is 9.58. The second-order valence-electron chi connectivity index (χ2n) is 3.51. The van der Waals surface area contributed by atoms with Gasteiger partial charge in [0.05, 0.1) is 0 Å². The molecule has 14 heteroatoms. The summed E-state index contributed by atoms with van der Waals surface area (Å²) < 4.78 is 137. The monoisotopic (exact) mass is 356 g/mol. The molecular formula is C8H3F11O3. The van der Waals surface area contributed by atoms with Crippen molar-refractivity contribution in [2.24, 2.45) is 0 Å². The van der Waals surface area contributed by atoms with Crippen molar-refractivity contribution < 1.29 is 62.9 Å². The fourth-order valence-electron chi connectivity index (χ4n) is 0.780. The van der Waals surface area contributed by atoms with Crippen molar-refractivity contribution in [3.8, 4) is 0 Å². The highest BCUT2D eigenvalue weighted by Gasteiger charge is 2.77. The van der Waals surface area contributed by atoms with Crippen LogP contribution in [0.1, 0.15) is 0 Å². The van der Waals surface area contributed by atoms with E-state index in [-0.39, 0.29) is 0 Å². The smallest absolute Gasteiger partial charge is 0.462 e. The van der Waals surface area contributed by atoms with E-state index in [4.69, 9.17) is 5.11 Å². The van der Waals surface area contributed by atoms with E-state index in [0.717, 1.165) is 0 Å². The molecule has 0 aliphatic carbocycles. The molecule has 0 aromatic carbocycles. The Labute approximate surface area is 112 Å². The van der Waals surface area contributed by atoms with E-state index < -0.39 is 48.4 Å². The molecule has 0 aliphatic rings. The molecule has 130 valence electrons. The molecule has 1 unspecified atom stereocenters. The minimum absolute atomic E-state index is 0.769. The predicted octanol–water partition coefficient (Wildman–Crippen LogP) is 3.66. The quantitative estimate of drug-likeness (QED) is 0.604. The lowest BCUT2D eigenvalue weighted by Crippen LogP contribution is -2.58. The number of carboxylic acid groups (broad SMARTS) is 1. The molecule has 0 aromatic rings. The predicted molar refractivity (Wildman–Crippen MR) is 43.7 cm³/mol. The number of rotatable bonds is 5. The molecule has 22 heavy (non-hydrogen) atoms. The van der Waals surface area contributed by atoms with E-state index in [0.29, 0.717) is 0 Å². The standard InChI is InChI=1S/C8H3F11O3/c9-4(6(12,13)14,2-1-3(20)21)22-8(18,19)5(10,11)7(15,16)17/h1-2H,(H,20,21)/b2-1+. The maximum atomic E-state index is 13.2. The summed E-state index contributed by atoms with van der Waals surface area (Å²) in [5, 5.41) is 7.94. The maximum Gasteiger partial charge on any atom is 0.462 e. The highest BCUT2D eigenvalue weighted by molar-refractivity contribution is 5.79. The third-order valence-electron chi connectivity index (χ3n) is 1.83. The van der Waals surface area contributed by atoms with Gasteiger partial charge in [0.15, 0.2) is 0 Å². The van der Waals surface area contributed by atoms with E-state index >= 15 is 0 Å². The van der Waals surface area contributed by atoms with E-state index in [1.165, 1.54) is 0 Å². The van der Waals surface area contributed by atoms with Crippen molar-refractivity contribution in [1.82, 2.24) is 0 Å². The first-order valence-corrected chi connectivity index (χ1v) is 4.58. The summed E-state index contributed by atoms with van der Waals surface area (Å²) in [7, 11) is 0. The Balaban J connectivity index is 5.82. The van der Waals surface area contributed by atoms with E-state index in [2.05, 4.69) is 0 Å². The first-order chi connectivity index (χ1) is 9.37. The first-order valence-electron chi connectivity index (χ1n) is 4.58. The van der Waals surface area contributed by atoms with Gasteiger partial charge >= 0.3 is 36.2 Å². The van der Waals surface area contributed by atoms with Crippen LogP contribution in [0, 0.1) is 0 Å². The number of ether oxygens (including phenoxy) is 1. The van der Waals surface area contributed by atoms with Gasteiger partial charge in [-0.2, -0.15) is 48.3 Å². The molecule has 0 amide bonds. The van der Waals surface area contributed by atoms with Gasteiger partial charge in [0.25, 0.3) is 0 Å². The minimum Gasteiger partial charge on any atom is -0.478 e. The number of carbonyl (C=O) groups is 1. The summed E-state index contributed by atoms with van der Waals surface area (Å²) in [6.07, 6.45) is -22.7. The zero-order valence-corrected chi connectivity index (χ0v) is 9.58. The maximum absolute atomic E-state index is 13.2. The van der Waals surface area contributed by atoms with Crippen LogP contribution < -0.4 is 0 Å². The molecule has 0 saturated heterocycles. The first kappa shape index (κ1) is 20.4. The van der Waals surface area contributed by atoms with E-state index in [1.54, 1.807) is 0 Å². The Morgan fingerprint density at radius 1 is 0.818 bits per heavy atom. The molecule has 1 atom stereocenters. The second kappa shape index (κ2) is 5.55. The Morgan fingerprint density at radius 3 is 1.50 bits per heavy atom. The van der Waals surface area contributed by atoms with Crippen molar-refractivity contribution in [2.45, 2.75) is 30.2 Å². The Kier molecular flexibility index (Phi) is 5.15. The Morgan fingerprint density at radius 2 is 1.23 bits per heavy atom. The minimum atomic E-state index is -7.18. The molecule has 0 rings (SSSR count). The van der Waals surface area contributed by atoms with Crippen LogP contribution in [0.15, 0.2) is 12.2 Å². The summed E-state index contributed by atoms with van der Waals surface area (Å²) >= 11 is 0. The van der Waals surface area contributed by atoms with Crippen LogP contribution in [0.25, 0.3) is 0 Å². The van der Waals surface area contributed by atoms with Gasteiger partial charge in [-0.05, 0) is 6.08 Å². The summed E-state index contributed by atoms with van der Waals surface area (Å²) in [6, 6.07) is 0. The van der Waals surface area contributed by atoms with Crippen molar-refractivity contribution in [3.63, 3.8) is 0 Å². The topological polar surface area (TPSA) is 46.5 Å². The van der Waals surface area contributed by atoms with Gasteiger partial charge in [-0.15, -0.1) is 0 Å². The van der Waals surface area contributed by atoms with Crippen molar-refractivity contribution in [3.05, 3.63) is 12.2 Å². The van der Waals surface area contributed by atoms with Gasteiger partial charge in [0, 0.05) is 6.08 Å². The number of hydrogen-bond donors (Lipinski definition) is 1. The Hall–Kier alpha value is -1.60. The van der Waals surface area contributed by atoms with Crippen LogP contribution in [0.3, 0.4) is 0 Å². The molecule has 0 saturated carbocycles. The lowest BCUT2D eigenvalue weighted by molar-refractivity contribution is -0.473. The van der Waals surface area contributed by atoms with Crippen LogP contribution in [0.2, 0.25) is 0 Å². The SMILES string of the molecule is O=C(O)/C=C/C(F)(OC(F)(F)C(F)(F)C(F)(F)F)C(F)(F)F. The fourth-order valence-corrected chi connectivity index (χ4v) is 0.780. The highest BCUT2D eigenvalue weighted by Crippen LogP contribution is 2.51. The summed E-state index contributed by atoms with van der Waals surface area (Å²) in [6.45, 7) is 0. The van der Waals surface area contributed by atoms with Gasteiger partial charge in [-0.1, -0.05) is 0 Å². The molecule has 0 radical (unpaired) electrons. The lowest BCUT2D eigenvalue weighted by Gasteiger charge is -2.33. The molecule has 0 bridgehead atoms.